The standard InChI is InChI=1S/C36H42ClN3O6/c1-5-35-17-7-19-38(26-13-15-28(16-14-26)45-6-2)32(42)29(35)30-33(43)40(27(22-41)21-23(3)4)31-34(44)39(20-8-18-36(30,31)46-35)25-11-9-24(37)10-12-25/h7-18,23,27,29-31,41H,5-6,19-22H2,1-4H3/t27-,29+,30+,31?,35-,36+/m1/s1. The fraction of sp³-hybridized carbons (Fsp3) is 0.472. The molecule has 2 fully saturated rings. The predicted molar refractivity (Wildman–Crippen MR) is 177 cm³/mol. The Morgan fingerprint density at radius 2 is 1.50 bits per heavy atom. The van der Waals surface area contributed by atoms with E-state index in [1.807, 2.05) is 76.3 Å². The molecule has 6 atom stereocenters. The number of hydrogen-bond donors (Lipinski definition) is 1. The van der Waals surface area contributed by atoms with Gasteiger partial charge in [0.2, 0.25) is 11.8 Å². The SMILES string of the molecule is CCOc1ccc(N2CC=C[C@@]3(CC)O[C@]45C=CCN(c6ccc(Cl)cc6)C(=O)C4N([C@@H](CO)CC(C)C)C(=O)[C@@H]5[C@H]3C2=O)cc1. The molecule has 9 nitrogen and oxygen atoms in total. The highest BCUT2D eigenvalue weighted by atomic mass is 35.5. The van der Waals surface area contributed by atoms with Gasteiger partial charge >= 0.3 is 0 Å². The molecule has 2 aromatic carbocycles. The van der Waals surface area contributed by atoms with Crippen molar-refractivity contribution in [1.29, 1.82) is 0 Å². The minimum atomic E-state index is -1.43. The predicted octanol–water partition coefficient (Wildman–Crippen LogP) is 5.01. The molecule has 0 radical (unpaired) electrons. The molecule has 6 rings (SSSR count). The number of hydrogen-bond acceptors (Lipinski definition) is 6. The second kappa shape index (κ2) is 12.5. The maximum Gasteiger partial charge on any atom is 0.253 e. The summed E-state index contributed by atoms with van der Waals surface area (Å²) < 4.78 is 12.7. The van der Waals surface area contributed by atoms with Crippen LogP contribution in [0.25, 0.3) is 0 Å². The van der Waals surface area contributed by atoms with Gasteiger partial charge in [-0.3, -0.25) is 14.4 Å². The molecule has 4 heterocycles. The lowest BCUT2D eigenvalue weighted by atomic mass is 9.73. The summed E-state index contributed by atoms with van der Waals surface area (Å²) in [5, 5.41) is 11.2. The molecule has 0 aromatic heterocycles. The monoisotopic (exact) mass is 647 g/mol. The number of carbonyl (C=O) groups excluding carboxylic acids is 3. The number of amides is 3. The molecule has 10 heteroatoms. The van der Waals surface area contributed by atoms with Gasteiger partial charge < -0.3 is 29.3 Å². The molecule has 1 N–H and O–H groups in total. The molecule has 1 unspecified atom stereocenters. The van der Waals surface area contributed by atoms with E-state index in [2.05, 4.69) is 0 Å². The topological polar surface area (TPSA) is 99.6 Å². The summed E-state index contributed by atoms with van der Waals surface area (Å²) in [5.74, 6) is -1.96. The van der Waals surface area contributed by atoms with Gasteiger partial charge in [0, 0.05) is 29.5 Å². The molecular formula is C36H42ClN3O6. The van der Waals surface area contributed by atoms with Gasteiger partial charge in [-0.15, -0.1) is 0 Å². The Bertz CT molecular complexity index is 1540. The molecule has 3 amide bonds. The zero-order chi connectivity index (χ0) is 32.8. The Hall–Kier alpha value is -3.66. The zero-order valence-corrected chi connectivity index (χ0v) is 27.5. The molecule has 46 heavy (non-hydrogen) atoms. The van der Waals surface area contributed by atoms with Crippen molar-refractivity contribution in [1.82, 2.24) is 4.90 Å². The lowest BCUT2D eigenvalue weighted by Gasteiger charge is -2.41. The first-order valence-electron chi connectivity index (χ1n) is 16.2. The highest BCUT2D eigenvalue weighted by Gasteiger charge is 2.76. The van der Waals surface area contributed by atoms with Crippen LogP contribution < -0.4 is 14.5 Å². The van der Waals surface area contributed by atoms with Crippen LogP contribution in [0.2, 0.25) is 5.02 Å². The first kappa shape index (κ1) is 32.3. The molecular weight excluding hydrogens is 606 g/mol. The number of rotatable bonds is 9. The van der Waals surface area contributed by atoms with E-state index in [0.29, 0.717) is 48.1 Å². The number of anilines is 2. The van der Waals surface area contributed by atoms with E-state index in [4.69, 9.17) is 21.1 Å². The summed E-state index contributed by atoms with van der Waals surface area (Å²) >= 11 is 6.17. The molecule has 0 saturated carbocycles. The van der Waals surface area contributed by atoms with Crippen LogP contribution in [0.3, 0.4) is 0 Å². The van der Waals surface area contributed by atoms with E-state index in [-0.39, 0.29) is 36.8 Å². The first-order valence-corrected chi connectivity index (χ1v) is 16.6. The Morgan fingerprint density at radius 3 is 2.09 bits per heavy atom. The normalized spacial score (nSPS) is 29.5. The molecule has 0 bridgehead atoms. The lowest BCUT2D eigenvalue weighted by molar-refractivity contribution is -0.149. The average Bonchev–Trinajstić information content (AvgIpc) is 3.34. The zero-order valence-electron chi connectivity index (χ0n) is 26.8. The Balaban J connectivity index is 1.48. The van der Waals surface area contributed by atoms with Crippen molar-refractivity contribution in [2.24, 2.45) is 17.8 Å². The lowest BCUT2D eigenvalue weighted by Crippen LogP contribution is -2.59. The smallest absolute Gasteiger partial charge is 0.253 e. The number of nitrogens with zero attached hydrogens (tertiary/aromatic N) is 3. The van der Waals surface area contributed by atoms with Gasteiger partial charge in [-0.05, 0) is 74.2 Å². The van der Waals surface area contributed by atoms with Gasteiger partial charge in [0.15, 0.2) is 0 Å². The number of halogens is 1. The van der Waals surface area contributed by atoms with E-state index < -0.39 is 35.1 Å². The number of ether oxygens (including phenoxy) is 2. The van der Waals surface area contributed by atoms with Gasteiger partial charge in [-0.1, -0.05) is 56.7 Å². The first-order chi connectivity index (χ1) is 22.1. The highest BCUT2D eigenvalue weighted by molar-refractivity contribution is 6.30. The average molecular weight is 648 g/mol. The van der Waals surface area contributed by atoms with Gasteiger partial charge in [0.1, 0.15) is 17.4 Å². The largest absolute Gasteiger partial charge is 0.494 e. The van der Waals surface area contributed by atoms with Gasteiger partial charge in [0.05, 0.1) is 36.7 Å². The van der Waals surface area contributed by atoms with Crippen LogP contribution in [0.1, 0.15) is 40.5 Å². The summed E-state index contributed by atoms with van der Waals surface area (Å²) in [6, 6.07) is 12.6. The summed E-state index contributed by atoms with van der Waals surface area (Å²) in [6.45, 7) is 8.65. The number of aliphatic hydroxyl groups excluding tert-OH is 1. The summed E-state index contributed by atoms with van der Waals surface area (Å²) in [6.07, 6.45) is 8.45. The number of benzene rings is 2. The minimum Gasteiger partial charge on any atom is -0.494 e. The van der Waals surface area contributed by atoms with Crippen LogP contribution in [-0.4, -0.2) is 77.3 Å². The number of carbonyl (C=O) groups is 3. The fourth-order valence-electron chi connectivity index (χ4n) is 7.89. The second-order valence-electron chi connectivity index (χ2n) is 12.9. The molecule has 0 aliphatic carbocycles. The Kier molecular flexibility index (Phi) is 8.78. The van der Waals surface area contributed by atoms with Crippen molar-refractivity contribution in [3.63, 3.8) is 0 Å². The number of fused-ring (bicyclic) bond motifs is 2. The van der Waals surface area contributed by atoms with Crippen molar-refractivity contribution in [2.75, 3.05) is 36.1 Å². The van der Waals surface area contributed by atoms with Crippen LogP contribution in [0, 0.1) is 17.8 Å². The van der Waals surface area contributed by atoms with E-state index in [1.165, 1.54) is 4.90 Å². The second-order valence-corrected chi connectivity index (χ2v) is 13.4. The maximum absolute atomic E-state index is 14.9. The summed E-state index contributed by atoms with van der Waals surface area (Å²) in [7, 11) is 0. The summed E-state index contributed by atoms with van der Waals surface area (Å²) in [5.41, 5.74) is -1.23. The minimum absolute atomic E-state index is 0.137. The molecule has 2 saturated heterocycles. The number of aliphatic hydroxyl groups is 1. The Morgan fingerprint density at radius 1 is 0.891 bits per heavy atom. The summed E-state index contributed by atoms with van der Waals surface area (Å²) in [4.78, 5) is 49.3. The third-order valence-corrected chi connectivity index (χ3v) is 10.1. The quantitative estimate of drug-likeness (QED) is 0.384. The van der Waals surface area contributed by atoms with E-state index in [1.54, 1.807) is 34.1 Å². The molecule has 4 aliphatic rings. The van der Waals surface area contributed by atoms with Crippen LogP contribution in [0.15, 0.2) is 72.8 Å². The molecule has 244 valence electrons. The Labute approximate surface area is 275 Å². The van der Waals surface area contributed by atoms with Crippen molar-refractivity contribution < 1.29 is 29.0 Å². The van der Waals surface area contributed by atoms with Crippen molar-refractivity contribution in [3.8, 4) is 5.75 Å². The molecule has 1 spiro atoms. The van der Waals surface area contributed by atoms with Gasteiger partial charge in [-0.2, -0.15) is 0 Å². The van der Waals surface area contributed by atoms with Crippen molar-refractivity contribution in [3.05, 3.63) is 77.9 Å². The third kappa shape index (κ3) is 5.13. The molecule has 2 aromatic rings. The highest BCUT2D eigenvalue weighted by Crippen LogP contribution is 2.59. The van der Waals surface area contributed by atoms with Crippen LogP contribution in [0.5, 0.6) is 5.75 Å². The number of likely N-dealkylation sites (tertiary alicyclic amines) is 1. The maximum atomic E-state index is 14.9. The van der Waals surface area contributed by atoms with Gasteiger partial charge in [0.25, 0.3) is 5.91 Å². The third-order valence-electron chi connectivity index (χ3n) is 9.82. The van der Waals surface area contributed by atoms with Crippen LogP contribution >= 0.6 is 11.6 Å². The fourth-order valence-corrected chi connectivity index (χ4v) is 8.01. The van der Waals surface area contributed by atoms with E-state index >= 15 is 0 Å². The van der Waals surface area contributed by atoms with Crippen LogP contribution in [-0.2, 0) is 19.1 Å². The van der Waals surface area contributed by atoms with E-state index in [9.17, 15) is 19.5 Å². The van der Waals surface area contributed by atoms with Crippen molar-refractivity contribution in [2.45, 2.75) is 63.8 Å². The van der Waals surface area contributed by atoms with Gasteiger partial charge in [-0.25, -0.2) is 0 Å². The van der Waals surface area contributed by atoms with E-state index in [0.717, 1.165) is 0 Å². The van der Waals surface area contributed by atoms with Crippen LogP contribution in [0.4, 0.5) is 11.4 Å². The van der Waals surface area contributed by atoms with Crippen molar-refractivity contribution >= 4 is 40.7 Å². The molecule has 4 aliphatic heterocycles.